The zero-order valence-electron chi connectivity index (χ0n) is 80.4. The number of benzene rings is 21. The van der Waals surface area contributed by atoms with Crippen molar-refractivity contribution in [2.75, 3.05) is 0 Å². The number of pyridine rings is 1. The summed E-state index contributed by atoms with van der Waals surface area (Å²) in [5, 5.41) is 10.6. The highest BCUT2D eigenvalue weighted by Crippen LogP contribution is 2.53. The number of rotatable bonds is 16. The number of aromatic nitrogens is 8. The Balaban J connectivity index is 0.000000115. The molecule has 0 saturated carbocycles. The van der Waals surface area contributed by atoms with Crippen LogP contribution in [0.5, 0.6) is 0 Å². The van der Waals surface area contributed by atoms with E-state index >= 15 is 0 Å². The molecule has 1 aliphatic rings. The Morgan fingerprint density at radius 1 is 0.178 bits per heavy atom. The molecule has 0 amide bonds. The molecule has 5 aromatic heterocycles. The predicted molar refractivity (Wildman–Crippen MR) is 607 cm³/mol. The molecule has 27 rings (SSSR count). The van der Waals surface area contributed by atoms with Gasteiger partial charge in [0.15, 0.2) is 17.5 Å². The van der Waals surface area contributed by atoms with E-state index in [2.05, 4.69) is 527 Å². The van der Waals surface area contributed by atoms with Crippen LogP contribution in [0.4, 0.5) is 0 Å². The summed E-state index contributed by atoms with van der Waals surface area (Å²) >= 11 is 0. The molecule has 146 heavy (non-hydrogen) atoms. The molecule has 26 aromatic rings. The minimum Gasteiger partial charge on any atom is -0.309 e. The fraction of sp³-hybridized carbons (Fsp3) is 0.0217. The van der Waals surface area contributed by atoms with Gasteiger partial charge in [0.1, 0.15) is 0 Å². The van der Waals surface area contributed by atoms with E-state index in [1.165, 1.54) is 110 Å². The summed E-state index contributed by atoms with van der Waals surface area (Å²) in [5.74, 6) is 2.15. The third-order valence-electron chi connectivity index (χ3n) is 28.5. The molecule has 686 valence electrons. The summed E-state index contributed by atoms with van der Waals surface area (Å²) < 4.78 is 2.37. The summed E-state index contributed by atoms with van der Waals surface area (Å²) in [6.45, 7) is 4.69. The molecule has 8 nitrogen and oxygen atoms in total. The third kappa shape index (κ3) is 17.2. The lowest BCUT2D eigenvalue weighted by Crippen LogP contribution is -2.16. The van der Waals surface area contributed by atoms with Crippen molar-refractivity contribution in [3.05, 3.63) is 545 Å². The van der Waals surface area contributed by atoms with E-state index in [9.17, 15) is 0 Å². The molecule has 8 heteroatoms. The summed E-state index contributed by atoms with van der Waals surface area (Å²) in [7, 11) is 0. The van der Waals surface area contributed by atoms with Gasteiger partial charge >= 0.3 is 0 Å². The van der Waals surface area contributed by atoms with E-state index in [-0.39, 0.29) is 5.41 Å². The van der Waals surface area contributed by atoms with Crippen molar-refractivity contribution in [2.24, 2.45) is 0 Å². The molecular weight excluding hydrogens is 1770 g/mol. The van der Waals surface area contributed by atoms with Crippen LogP contribution in [0.15, 0.2) is 534 Å². The van der Waals surface area contributed by atoms with Gasteiger partial charge < -0.3 is 4.57 Å². The highest BCUT2D eigenvalue weighted by molar-refractivity contribution is 6.11. The number of nitrogens with zero attached hydrogens (tertiary/aromatic N) is 8. The van der Waals surface area contributed by atoms with Crippen molar-refractivity contribution in [2.45, 2.75) is 19.3 Å². The van der Waals surface area contributed by atoms with Gasteiger partial charge in [0.25, 0.3) is 0 Å². The second kappa shape index (κ2) is 38.5. The first kappa shape index (κ1) is 88.3. The Bertz CT molecular complexity index is 9360. The average molecular weight is 1860 g/mol. The molecule has 0 unspecified atom stereocenters. The van der Waals surface area contributed by atoms with Crippen LogP contribution in [0.25, 0.3) is 250 Å². The van der Waals surface area contributed by atoms with Crippen molar-refractivity contribution in [3.63, 3.8) is 0 Å². The van der Waals surface area contributed by atoms with E-state index < -0.39 is 0 Å². The Hall–Kier alpha value is -19.2. The van der Waals surface area contributed by atoms with Crippen LogP contribution in [-0.2, 0) is 5.41 Å². The Morgan fingerprint density at radius 3 is 0.890 bits per heavy atom. The van der Waals surface area contributed by atoms with Gasteiger partial charge in [-0.15, -0.1) is 0 Å². The molecule has 0 saturated heterocycles. The molecule has 1 aliphatic carbocycles. The SMILES string of the molecule is CC1(C)c2ccccc2-c2cccc(-c3ccc(-c4cc(-c5ccc(-c6ccccc6)cc5)nc(-c5cccc6ccccc56)n4)cc3)c21.c1ccc(-c2ccc(-c3cc(-c4ccc(-c5ccc6c7ccccc7n(-c7ccccc7)c6c5)cc4)nc(-c4cccc5ccccc45)n3)cc2)cc1.c1ccc(-c2ccc(-c3cc(-c4ccc(-c5cccc6cccnc56)cc4)nc(-c4cccc5ccccc45)n3)cc2)cc1. The maximum Gasteiger partial charge on any atom is 0.161 e. The van der Waals surface area contributed by atoms with Crippen molar-refractivity contribution in [1.29, 1.82) is 0 Å². The van der Waals surface area contributed by atoms with Crippen LogP contribution in [0.3, 0.4) is 0 Å². The Morgan fingerprint density at radius 2 is 0.459 bits per heavy atom. The quantitative estimate of drug-likeness (QED) is 0.0951. The fourth-order valence-corrected chi connectivity index (χ4v) is 21.1. The molecule has 0 radical (unpaired) electrons. The maximum absolute atomic E-state index is 5.21. The first-order valence-corrected chi connectivity index (χ1v) is 49.7. The summed E-state index contributed by atoms with van der Waals surface area (Å²) in [6, 6.07) is 186. The van der Waals surface area contributed by atoms with Gasteiger partial charge in [-0.1, -0.05) is 493 Å². The van der Waals surface area contributed by atoms with E-state index in [0.717, 1.165) is 139 Å². The number of hydrogen-bond acceptors (Lipinski definition) is 7. The molecule has 0 fully saturated rings. The molecular formula is C138H94N8. The van der Waals surface area contributed by atoms with E-state index in [4.69, 9.17) is 29.9 Å². The van der Waals surface area contributed by atoms with Gasteiger partial charge in [0.2, 0.25) is 0 Å². The second-order valence-electron chi connectivity index (χ2n) is 37.7. The average Bonchev–Trinajstić information content (AvgIpc) is 1.57. The van der Waals surface area contributed by atoms with E-state index in [1.807, 2.05) is 30.5 Å². The van der Waals surface area contributed by atoms with Crippen LogP contribution in [0, 0.1) is 0 Å². The predicted octanol–water partition coefficient (Wildman–Crippen LogP) is 35.8. The topological polar surface area (TPSA) is 95.2 Å². The molecule has 0 atom stereocenters. The molecule has 0 N–H and O–H groups in total. The normalized spacial score (nSPS) is 11.8. The van der Waals surface area contributed by atoms with E-state index in [1.54, 1.807) is 0 Å². The highest BCUT2D eigenvalue weighted by Gasteiger charge is 2.37. The van der Waals surface area contributed by atoms with Crippen molar-refractivity contribution in [3.8, 4) is 185 Å². The minimum absolute atomic E-state index is 0.0772. The summed E-state index contributed by atoms with van der Waals surface area (Å²) in [4.78, 5) is 35.7. The molecule has 0 spiro atoms. The maximum atomic E-state index is 5.21. The number of para-hydroxylation sites is 3. The van der Waals surface area contributed by atoms with Gasteiger partial charge in [-0.2, -0.15) is 0 Å². The van der Waals surface area contributed by atoms with Gasteiger partial charge in [-0.25, -0.2) is 29.9 Å². The zero-order valence-corrected chi connectivity index (χ0v) is 80.4. The van der Waals surface area contributed by atoms with Gasteiger partial charge in [-0.05, 0) is 164 Å². The summed E-state index contributed by atoms with van der Waals surface area (Å²) in [6.07, 6.45) is 1.85. The third-order valence-corrected chi connectivity index (χ3v) is 28.5. The monoisotopic (exact) mass is 1860 g/mol. The zero-order chi connectivity index (χ0) is 97.4. The lowest BCUT2D eigenvalue weighted by molar-refractivity contribution is 0.662. The molecule has 0 bridgehead atoms. The highest BCUT2D eigenvalue weighted by atomic mass is 15.0. The van der Waals surface area contributed by atoms with Crippen LogP contribution in [0.1, 0.15) is 25.0 Å². The number of fused-ring (bicyclic) bond motifs is 10. The first-order chi connectivity index (χ1) is 72.1. The molecule has 5 heterocycles. The minimum atomic E-state index is -0.0772. The van der Waals surface area contributed by atoms with Crippen LogP contribution >= 0.6 is 0 Å². The van der Waals surface area contributed by atoms with Crippen LogP contribution < -0.4 is 0 Å². The van der Waals surface area contributed by atoms with Crippen LogP contribution in [0.2, 0.25) is 0 Å². The first-order valence-electron chi connectivity index (χ1n) is 49.7. The largest absolute Gasteiger partial charge is 0.309 e. The van der Waals surface area contributed by atoms with Crippen molar-refractivity contribution >= 4 is 65.0 Å². The lowest BCUT2D eigenvalue weighted by Gasteiger charge is -2.24. The van der Waals surface area contributed by atoms with Crippen LogP contribution in [-0.4, -0.2) is 39.5 Å². The number of hydrogen-bond donors (Lipinski definition) is 0. The fourth-order valence-electron chi connectivity index (χ4n) is 21.1. The second-order valence-corrected chi connectivity index (χ2v) is 37.7. The van der Waals surface area contributed by atoms with Gasteiger partial charge in [-0.3, -0.25) is 4.98 Å². The lowest BCUT2D eigenvalue weighted by atomic mass is 9.79. The van der Waals surface area contributed by atoms with Crippen molar-refractivity contribution in [1.82, 2.24) is 39.5 Å². The van der Waals surface area contributed by atoms with Crippen molar-refractivity contribution < 1.29 is 0 Å². The smallest absolute Gasteiger partial charge is 0.161 e. The Kier molecular flexibility index (Phi) is 23.3. The summed E-state index contributed by atoms with van der Waals surface area (Å²) in [5.41, 5.74) is 38.8. The van der Waals surface area contributed by atoms with Gasteiger partial charge in [0.05, 0.1) is 50.7 Å². The van der Waals surface area contributed by atoms with Gasteiger partial charge in [0, 0.05) is 89.1 Å². The Labute approximate surface area is 848 Å². The standard InChI is InChI=1S/C50H33N3.C47H34N2.C41H27N3/c1-3-12-34(13-4-1)35-22-26-38(27-23-35)46-33-47(52-50(51-46)45-20-11-15-37-14-7-8-18-42(37)45)39-28-24-36(25-29-39)40-30-31-44-43-19-9-10-21-48(43)53(49(44)32-40)41-16-5-2-6-17-41;1-47(2)42-21-9-8-17-39(42)40-19-11-18-38(45(40)47)34-24-28-36(29-25-34)44-30-43(35-26-22-32(23-27-35)31-12-4-3-5-13-31)48-46(49-44)41-20-10-15-33-14-6-7-16-37(33)41;1-2-9-28(10-3-1)29-18-22-32(23-19-29)38-27-39(44-41(43-38)37-17-6-12-30-11-4-5-15-35(30)37)33-24-20-31(21-25-33)36-16-7-13-34-14-8-26-42-40(34)36/h1-33H;3-30H,1-2H3;1-27H. The van der Waals surface area contributed by atoms with E-state index in [0.29, 0.717) is 11.6 Å². The molecule has 21 aromatic carbocycles. The molecule has 0 aliphatic heterocycles.